The summed E-state index contributed by atoms with van der Waals surface area (Å²) in [5, 5.41) is 17.1. The van der Waals surface area contributed by atoms with Gasteiger partial charge in [0.05, 0.1) is 23.5 Å². The van der Waals surface area contributed by atoms with Gasteiger partial charge in [-0.05, 0) is 50.1 Å². The van der Waals surface area contributed by atoms with Crippen LogP contribution in [0.25, 0.3) is 16.6 Å². The lowest BCUT2D eigenvalue weighted by Gasteiger charge is -2.40. The number of pyridine rings is 2. The van der Waals surface area contributed by atoms with Crippen LogP contribution in [-0.4, -0.2) is 52.3 Å². The summed E-state index contributed by atoms with van der Waals surface area (Å²) in [7, 11) is 0. The van der Waals surface area contributed by atoms with Crippen molar-refractivity contribution < 1.29 is 9.53 Å². The van der Waals surface area contributed by atoms with E-state index in [9.17, 15) is 10.1 Å². The third kappa shape index (κ3) is 5.10. The molecule has 5 rings (SSSR count). The highest BCUT2D eigenvalue weighted by Gasteiger charge is 2.32. The van der Waals surface area contributed by atoms with Crippen LogP contribution in [-0.2, 0) is 0 Å². The number of nitrogens with two attached hydrogens (primary N) is 1. The fourth-order valence-corrected chi connectivity index (χ4v) is 4.68. The quantitative estimate of drug-likeness (QED) is 0.403. The van der Waals surface area contributed by atoms with E-state index in [1.807, 2.05) is 54.7 Å². The fraction of sp³-hybridized carbons (Fsp3) is 0.286. The molecule has 0 saturated carbocycles. The third-order valence-electron chi connectivity index (χ3n) is 6.79. The molecular formula is C28H29N7O2. The number of benzene rings is 1. The molecule has 0 bridgehead atoms. The van der Waals surface area contributed by atoms with E-state index in [0.717, 1.165) is 42.9 Å². The Balaban J connectivity index is 1.32. The molecule has 188 valence electrons. The number of carbonyl (C=O) groups is 1. The van der Waals surface area contributed by atoms with Crippen molar-refractivity contribution in [2.24, 2.45) is 5.73 Å². The van der Waals surface area contributed by atoms with Gasteiger partial charge in [0.15, 0.2) is 0 Å². The molecule has 1 fully saturated rings. The summed E-state index contributed by atoms with van der Waals surface area (Å²) in [6, 6.07) is 17.4. The minimum atomic E-state index is -0.269. The molecule has 0 radical (unpaired) electrons. The van der Waals surface area contributed by atoms with Crippen molar-refractivity contribution >= 4 is 17.2 Å². The van der Waals surface area contributed by atoms with Crippen molar-refractivity contribution in [1.29, 1.82) is 5.26 Å². The van der Waals surface area contributed by atoms with E-state index >= 15 is 0 Å². The number of hydrogen-bond donors (Lipinski definition) is 2. The van der Waals surface area contributed by atoms with Crippen LogP contribution < -0.4 is 20.7 Å². The lowest BCUT2D eigenvalue weighted by Crippen LogP contribution is -2.53. The Kier molecular flexibility index (Phi) is 6.75. The highest BCUT2D eigenvalue weighted by molar-refractivity contribution is 5.94. The zero-order valence-corrected chi connectivity index (χ0v) is 20.7. The number of amides is 1. The van der Waals surface area contributed by atoms with Crippen LogP contribution in [0.5, 0.6) is 5.75 Å². The summed E-state index contributed by atoms with van der Waals surface area (Å²) >= 11 is 0. The number of fused-ring (bicyclic) bond motifs is 1. The van der Waals surface area contributed by atoms with Crippen molar-refractivity contribution in [2.45, 2.75) is 25.3 Å². The lowest BCUT2D eigenvalue weighted by molar-refractivity contribution is 0.0891. The maximum atomic E-state index is 12.7. The van der Waals surface area contributed by atoms with Gasteiger partial charge in [0.25, 0.3) is 5.91 Å². The molecule has 37 heavy (non-hydrogen) atoms. The second-order valence-corrected chi connectivity index (χ2v) is 9.46. The molecule has 4 aromatic rings. The van der Waals surface area contributed by atoms with E-state index in [0.29, 0.717) is 35.5 Å². The molecular weight excluding hydrogens is 466 g/mol. The number of hydrogen-bond acceptors (Lipinski definition) is 7. The van der Waals surface area contributed by atoms with Crippen LogP contribution in [0.3, 0.4) is 0 Å². The Morgan fingerprint density at radius 2 is 1.97 bits per heavy atom. The molecule has 3 aromatic heterocycles. The van der Waals surface area contributed by atoms with Crippen molar-refractivity contribution in [1.82, 2.24) is 19.9 Å². The average molecular weight is 496 g/mol. The molecule has 9 heteroatoms. The van der Waals surface area contributed by atoms with Gasteiger partial charge in [-0.1, -0.05) is 18.2 Å². The Morgan fingerprint density at radius 1 is 1.19 bits per heavy atom. The predicted octanol–water partition coefficient (Wildman–Crippen LogP) is 3.39. The second kappa shape index (κ2) is 10.3. The summed E-state index contributed by atoms with van der Waals surface area (Å²) in [5.41, 5.74) is 8.87. The number of anilines is 1. The summed E-state index contributed by atoms with van der Waals surface area (Å²) < 4.78 is 7.39. The number of nitriles is 1. The monoisotopic (exact) mass is 495 g/mol. The number of piperidine rings is 1. The zero-order chi connectivity index (χ0) is 25.8. The maximum absolute atomic E-state index is 12.7. The zero-order valence-electron chi connectivity index (χ0n) is 20.7. The van der Waals surface area contributed by atoms with Gasteiger partial charge in [-0.25, -0.2) is 9.50 Å². The summed E-state index contributed by atoms with van der Waals surface area (Å²) in [4.78, 5) is 19.6. The number of nitrogens with one attached hydrogen (secondary N) is 1. The first-order chi connectivity index (χ1) is 18.0. The van der Waals surface area contributed by atoms with E-state index < -0.39 is 0 Å². The maximum Gasteiger partial charge on any atom is 0.251 e. The average Bonchev–Trinajstić information content (AvgIpc) is 3.35. The molecule has 4 heterocycles. The number of carbonyl (C=O) groups excluding carboxylic acids is 1. The van der Waals surface area contributed by atoms with Gasteiger partial charge in [-0.2, -0.15) is 10.4 Å². The van der Waals surface area contributed by atoms with E-state index in [2.05, 4.69) is 28.3 Å². The predicted molar refractivity (Wildman–Crippen MR) is 141 cm³/mol. The third-order valence-corrected chi connectivity index (χ3v) is 6.79. The molecule has 1 aromatic carbocycles. The first kappa shape index (κ1) is 24.3. The molecule has 1 aliphatic rings. The fourth-order valence-electron chi connectivity index (χ4n) is 4.68. The molecule has 1 amide bonds. The molecule has 3 N–H and O–H groups in total. The molecule has 0 spiro atoms. The van der Waals surface area contributed by atoms with Crippen molar-refractivity contribution in [3.63, 3.8) is 0 Å². The Morgan fingerprint density at radius 3 is 2.65 bits per heavy atom. The number of rotatable bonds is 7. The molecule has 0 aliphatic carbocycles. The molecule has 9 nitrogen and oxygen atoms in total. The van der Waals surface area contributed by atoms with Crippen molar-refractivity contribution in [3.05, 3.63) is 78.2 Å². The van der Waals surface area contributed by atoms with Crippen LogP contribution in [0, 0.1) is 11.3 Å². The van der Waals surface area contributed by atoms with Crippen LogP contribution >= 0.6 is 0 Å². The highest BCUT2D eigenvalue weighted by Crippen LogP contribution is 2.32. The topological polar surface area (TPSA) is 122 Å². The van der Waals surface area contributed by atoms with Crippen molar-refractivity contribution in [2.75, 3.05) is 31.1 Å². The number of nitrogens with zero attached hydrogens (tertiary/aromatic N) is 5. The van der Waals surface area contributed by atoms with E-state index in [4.69, 9.17) is 15.5 Å². The standard InChI is InChI=1S/C28H29N7O2/c1-28(33-27(36)20-5-3-2-4-6-20)9-12-34(13-10-28)25-8-7-21(17-31-25)24-15-23(37-14-11-29)19-35-26(24)22(16-30)18-32-35/h2-8,15,17-19H,9-14,29H2,1H3,(H,33,36). The summed E-state index contributed by atoms with van der Waals surface area (Å²) in [6.45, 7) is 4.45. The molecule has 1 saturated heterocycles. The van der Waals surface area contributed by atoms with Gasteiger partial charge >= 0.3 is 0 Å². The van der Waals surface area contributed by atoms with Gasteiger partial charge < -0.3 is 20.7 Å². The normalized spacial score (nSPS) is 14.8. The van der Waals surface area contributed by atoms with E-state index in [1.54, 1.807) is 16.9 Å². The van der Waals surface area contributed by atoms with Gasteiger partial charge in [-0.3, -0.25) is 4.79 Å². The molecule has 0 unspecified atom stereocenters. The second-order valence-electron chi connectivity index (χ2n) is 9.46. The number of aromatic nitrogens is 3. The van der Waals surface area contributed by atoms with Gasteiger partial charge in [0.2, 0.25) is 0 Å². The smallest absolute Gasteiger partial charge is 0.251 e. The lowest BCUT2D eigenvalue weighted by atomic mass is 9.89. The summed E-state index contributed by atoms with van der Waals surface area (Å²) in [6.07, 6.45) is 6.75. The highest BCUT2D eigenvalue weighted by atomic mass is 16.5. The number of ether oxygens (including phenoxy) is 1. The Bertz CT molecular complexity index is 1430. The minimum absolute atomic E-state index is 0.0420. The van der Waals surface area contributed by atoms with Gasteiger partial charge in [0, 0.05) is 48.1 Å². The van der Waals surface area contributed by atoms with Gasteiger partial charge in [0.1, 0.15) is 24.2 Å². The largest absolute Gasteiger partial charge is 0.491 e. The first-order valence-corrected chi connectivity index (χ1v) is 12.3. The Hall–Kier alpha value is -4.42. The van der Waals surface area contributed by atoms with Crippen LogP contribution in [0.15, 0.2) is 67.1 Å². The van der Waals surface area contributed by atoms with Crippen LogP contribution in [0.4, 0.5) is 5.82 Å². The first-order valence-electron chi connectivity index (χ1n) is 12.3. The van der Waals surface area contributed by atoms with Crippen LogP contribution in [0.1, 0.15) is 35.7 Å². The molecule has 1 aliphatic heterocycles. The summed E-state index contributed by atoms with van der Waals surface area (Å²) in [5.74, 6) is 1.46. The van der Waals surface area contributed by atoms with Gasteiger partial charge in [-0.15, -0.1) is 0 Å². The van der Waals surface area contributed by atoms with Crippen molar-refractivity contribution in [3.8, 4) is 22.9 Å². The van der Waals surface area contributed by atoms with E-state index in [-0.39, 0.29) is 11.4 Å². The van der Waals surface area contributed by atoms with Crippen LogP contribution in [0.2, 0.25) is 0 Å². The Labute approximate surface area is 215 Å². The van der Waals surface area contributed by atoms with E-state index in [1.165, 1.54) is 0 Å². The minimum Gasteiger partial charge on any atom is -0.491 e. The SMILES string of the molecule is CC1(NC(=O)c2ccccc2)CCN(c2ccc(-c3cc(OCCN)cn4ncc(C#N)c34)cn2)CC1. The molecule has 0 atom stereocenters.